The Morgan fingerprint density at radius 2 is 2.12 bits per heavy atom. The zero-order valence-electron chi connectivity index (χ0n) is 8.93. The van der Waals surface area contributed by atoms with Gasteiger partial charge in [-0.15, -0.1) is 0 Å². The zero-order chi connectivity index (χ0) is 11.9. The highest BCUT2D eigenvalue weighted by atomic mass is 79.9. The van der Waals surface area contributed by atoms with Crippen LogP contribution in [0.3, 0.4) is 0 Å². The summed E-state index contributed by atoms with van der Waals surface area (Å²) in [5, 5.41) is 10.4. The van der Waals surface area contributed by atoms with Crippen LogP contribution >= 0.6 is 15.9 Å². The minimum atomic E-state index is -1.36. The Bertz CT molecular complexity index is 422. The predicted molar refractivity (Wildman–Crippen MR) is 61.0 cm³/mol. The first-order valence-corrected chi connectivity index (χ1v) is 6.12. The third-order valence-electron chi connectivity index (χ3n) is 3.49. The molecular weight excluding hydrogens is 278 g/mol. The molecule has 1 aliphatic rings. The van der Waals surface area contributed by atoms with E-state index in [-0.39, 0.29) is 16.0 Å². The fraction of sp³-hybridized carbons (Fsp3) is 0.500. The average molecular weight is 291 g/mol. The molecule has 1 aromatic carbocycles. The van der Waals surface area contributed by atoms with Gasteiger partial charge in [0.15, 0.2) is 0 Å². The molecule has 16 heavy (non-hydrogen) atoms. The smallest absolute Gasteiger partial charge is 0.146 e. The van der Waals surface area contributed by atoms with Gasteiger partial charge < -0.3 is 5.11 Å². The summed E-state index contributed by atoms with van der Waals surface area (Å²) >= 11 is 3.02. The molecule has 1 aliphatic carbocycles. The van der Waals surface area contributed by atoms with Crippen LogP contribution in [0, 0.1) is 17.6 Å². The topological polar surface area (TPSA) is 20.2 Å². The molecule has 88 valence electrons. The van der Waals surface area contributed by atoms with Crippen molar-refractivity contribution in [3.05, 3.63) is 33.8 Å². The van der Waals surface area contributed by atoms with Gasteiger partial charge in [-0.05, 0) is 53.2 Å². The molecule has 1 aromatic rings. The highest BCUT2D eigenvalue weighted by molar-refractivity contribution is 9.10. The average Bonchev–Trinajstić information content (AvgIpc) is 2.55. The summed E-state index contributed by atoms with van der Waals surface area (Å²) < 4.78 is 27.8. The lowest BCUT2D eigenvalue weighted by molar-refractivity contribution is -0.00238. The molecular formula is C12H13BrF2O. The second-order valence-electron chi connectivity index (χ2n) is 4.44. The second kappa shape index (κ2) is 4.08. The highest BCUT2D eigenvalue weighted by Gasteiger charge is 2.43. The first-order chi connectivity index (χ1) is 7.47. The maximum absolute atomic E-state index is 13.9. The summed E-state index contributed by atoms with van der Waals surface area (Å²) in [5.74, 6) is -1.47. The van der Waals surface area contributed by atoms with Gasteiger partial charge in [0.1, 0.15) is 11.6 Å². The minimum Gasteiger partial charge on any atom is -0.385 e. The van der Waals surface area contributed by atoms with Gasteiger partial charge in [0.25, 0.3) is 0 Å². The highest BCUT2D eigenvalue weighted by Crippen LogP contribution is 2.45. The third-order valence-corrected chi connectivity index (χ3v) is 4.10. The Hall–Kier alpha value is -0.480. The fourth-order valence-electron chi connectivity index (χ4n) is 2.46. The van der Waals surface area contributed by atoms with Crippen LogP contribution < -0.4 is 0 Å². The van der Waals surface area contributed by atoms with E-state index in [9.17, 15) is 13.9 Å². The molecule has 0 aromatic heterocycles. The Morgan fingerprint density at radius 3 is 2.69 bits per heavy atom. The van der Waals surface area contributed by atoms with Gasteiger partial charge >= 0.3 is 0 Å². The predicted octanol–water partition coefficient (Wildman–Crippen LogP) is 3.73. The number of hydrogen-bond donors (Lipinski definition) is 1. The monoisotopic (exact) mass is 290 g/mol. The van der Waals surface area contributed by atoms with Gasteiger partial charge in [0.2, 0.25) is 0 Å². The van der Waals surface area contributed by atoms with Crippen molar-refractivity contribution < 1.29 is 13.9 Å². The lowest BCUT2D eigenvalue weighted by Gasteiger charge is -2.29. The van der Waals surface area contributed by atoms with Gasteiger partial charge in [-0.3, -0.25) is 0 Å². The van der Waals surface area contributed by atoms with Crippen molar-refractivity contribution in [2.24, 2.45) is 5.92 Å². The van der Waals surface area contributed by atoms with Crippen LogP contribution in [0.1, 0.15) is 31.7 Å². The number of aliphatic hydroxyl groups is 1. The number of rotatable bonds is 1. The summed E-state index contributed by atoms with van der Waals surface area (Å²) in [6.07, 6.45) is 2.00. The van der Waals surface area contributed by atoms with Crippen molar-refractivity contribution in [3.63, 3.8) is 0 Å². The summed E-state index contributed by atoms with van der Waals surface area (Å²) in [4.78, 5) is 0. The Labute approximate surface area is 102 Å². The SMILES string of the molecule is CC1CCCC1(O)c1c(F)ccc(Br)c1F. The van der Waals surface area contributed by atoms with Crippen molar-refractivity contribution in [1.29, 1.82) is 0 Å². The van der Waals surface area contributed by atoms with Crippen LogP contribution in [-0.2, 0) is 5.60 Å². The molecule has 1 N–H and O–H groups in total. The van der Waals surface area contributed by atoms with Crippen LogP contribution in [0.25, 0.3) is 0 Å². The van der Waals surface area contributed by atoms with E-state index < -0.39 is 17.2 Å². The quantitative estimate of drug-likeness (QED) is 0.782. The molecule has 1 fully saturated rings. The van der Waals surface area contributed by atoms with Crippen molar-refractivity contribution in [2.75, 3.05) is 0 Å². The van der Waals surface area contributed by atoms with Gasteiger partial charge in [-0.25, -0.2) is 8.78 Å². The lowest BCUT2D eigenvalue weighted by atomic mass is 9.84. The summed E-state index contributed by atoms with van der Waals surface area (Å²) in [6, 6.07) is 2.50. The van der Waals surface area contributed by atoms with Crippen molar-refractivity contribution in [3.8, 4) is 0 Å². The van der Waals surface area contributed by atoms with E-state index in [2.05, 4.69) is 15.9 Å². The van der Waals surface area contributed by atoms with E-state index in [0.29, 0.717) is 6.42 Å². The van der Waals surface area contributed by atoms with E-state index in [1.54, 1.807) is 0 Å². The first kappa shape index (κ1) is 12.0. The van der Waals surface area contributed by atoms with Gasteiger partial charge in [-0.1, -0.05) is 6.92 Å². The van der Waals surface area contributed by atoms with Crippen molar-refractivity contribution in [1.82, 2.24) is 0 Å². The largest absolute Gasteiger partial charge is 0.385 e. The van der Waals surface area contributed by atoms with E-state index >= 15 is 0 Å². The van der Waals surface area contributed by atoms with Gasteiger partial charge in [0.05, 0.1) is 15.6 Å². The van der Waals surface area contributed by atoms with E-state index in [1.807, 2.05) is 6.92 Å². The minimum absolute atomic E-state index is 0.120. The molecule has 2 rings (SSSR count). The summed E-state index contributed by atoms with van der Waals surface area (Å²) in [6.45, 7) is 1.83. The maximum atomic E-state index is 13.9. The van der Waals surface area contributed by atoms with E-state index in [1.165, 1.54) is 12.1 Å². The standard InChI is InChI=1S/C12H13BrF2O/c1-7-3-2-6-12(7,16)10-9(14)5-4-8(13)11(10)15/h4-5,7,16H,2-3,6H2,1H3. The van der Waals surface area contributed by atoms with Crippen LogP contribution in [0.2, 0.25) is 0 Å². The van der Waals surface area contributed by atoms with Crippen LogP contribution in [-0.4, -0.2) is 5.11 Å². The van der Waals surface area contributed by atoms with E-state index in [0.717, 1.165) is 12.8 Å². The molecule has 0 amide bonds. The fourth-order valence-corrected chi connectivity index (χ4v) is 2.79. The van der Waals surface area contributed by atoms with Gasteiger partial charge in [0, 0.05) is 0 Å². The molecule has 4 heteroatoms. The molecule has 0 heterocycles. The Kier molecular flexibility index (Phi) is 3.05. The second-order valence-corrected chi connectivity index (χ2v) is 5.29. The molecule has 0 spiro atoms. The molecule has 1 nitrogen and oxygen atoms in total. The maximum Gasteiger partial charge on any atom is 0.146 e. The number of benzene rings is 1. The zero-order valence-corrected chi connectivity index (χ0v) is 10.5. The normalized spacial score (nSPS) is 29.7. The molecule has 2 unspecified atom stereocenters. The molecule has 0 bridgehead atoms. The summed E-state index contributed by atoms with van der Waals surface area (Å²) in [5.41, 5.74) is -1.55. The van der Waals surface area contributed by atoms with Crippen molar-refractivity contribution >= 4 is 15.9 Å². The molecule has 2 atom stereocenters. The molecule has 0 radical (unpaired) electrons. The van der Waals surface area contributed by atoms with Crippen LogP contribution in [0.4, 0.5) is 8.78 Å². The van der Waals surface area contributed by atoms with Crippen LogP contribution in [0.5, 0.6) is 0 Å². The first-order valence-electron chi connectivity index (χ1n) is 5.33. The number of hydrogen-bond acceptors (Lipinski definition) is 1. The third kappa shape index (κ3) is 1.68. The van der Waals surface area contributed by atoms with Crippen molar-refractivity contribution in [2.45, 2.75) is 31.8 Å². The molecule has 1 saturated carbocycles. The van der Waals surface area contributed by atoms with E-state index in [4.69, 9.17) is 0 Å². The van der Waals surface area contributed by atoms with Gasteiger partial charge in [-0.2, -0.15) is 0 Å². The molecule has 0 saturated heterocycles. The number of halogens is 3. The Morgan fingerprint density at radius 1 is 1.44 bits per heavy atom. The van der Waals surface area contributed by atoms with Crippen LogP contribution in [0.15, 0.2) is 16.6 Å². The lowest BCUT2D eigenvalue weighted by Crippen LogP contribution is -2.31. The molecule has 0 aliphatic heterocycles. The Balaban J connectivity index is 2.59. The summed E-state index contributed by atoms with van der Waals surface area (Å²) in [7, 11) is 0.